The van der Waals surface area contributed by atoms with Crippen LogP contribution in [0.25, 0.3) is 0 Å². The molecule has 0 aliphatic rings. The summed E-state index contributed by atoms with van der Waals surface area (Å²) in [4.78, 5) is 2.49. The van der Waals surface area contributed by atoms with Crippen molar-refractivity contribution in [3.63, 3.8) is 0 Å². The highest BCUT2D eigenvalue weighted by Crippen LogP contribution is 2.20. The molecule has 106 valence electrons. The van der Waals surface area contributed by atoms with Gasteiger partial charge in [0.1, 0.15) is 0 Å². The van der Waals surface area contributed by atoms with Crippen LogP contribution in [0.4, 0.5) is 0 Å². The van der Waals surface area contributed by atoms with Crippen molar-refractivity contribution in [1.29, 1.82) is 0 Å². The molecule has 1 aromatic carbocycles. The summed E-state index contributed by atoms with van der Waals surface area (Å²) in [6.07, 6.45) is 1.17. The van der Waals surface area contributed by atoms with Gasteiger partial charge < -0.3 is 5.32 Å². The standard InChI is InChI=1S/C17H28N2/c1-5-12-18-13-17(16-10-8-7-9-11-16)19(6-2)14-15(3)4/h7-11,17-18H,3,5-6,12-14H2,1-2,4H3. The average Bonchev–Trinajstić information content (AvgIpc) is 2.42. The van der Waals surface area contributed by atoms with Gasteiger partial charge in [-0.05, 0) is 32.0 Å². The van der Waals surface area contributed by atoms with Gasteiger partial charge in [0.05, 0.1) is 0 Å². The van der Waals surface area contributed by atoms with Crippen LogP contribution in [0.5, 0.6) is 0 Å². The normalized spacial score (nSPS) is 12.6. The van der Waals surface area contributed by atoms with E-state index in [0.29, 0.717) is 6.04 Å². The first kappa shape index (κ1) is 15.9. The van der Waals surface area contributed by atoms with E-state index in [4.69, 9.17) is 0 Å². The van der Waals surface area contributed by atoms with E-state index >= 15 is 0 Å². The molecule has 0 aliphatic heterocycles. The molecule has 0 spiro atoms. The van der Waals surface area contributed by atoms with Crippen molar-refractivity contribution >= 4 is 0 Å². The molecule has 1 atom stereocenters. The zero-order valence-corrected chi connectivity index (χ0v) is 12.7. The number of hydrogen-bond acceptors (Lipinski definition) is 2. The molecule has 0 heterocycles. The SMILES string of the molecule is C=C(C)CN(CC)C(CNCCC)c1ccccc1. The summed E-state index contributed by atoms with van der Waals surface area (Å²) in [5, 5.41) is 3.55. The Morgan fingerprint density at radius 2 is 1.95 bits per heavy atom. The Kier molecular flexibility index (Phi) is 7.46. The van der Waals surface area contributed by atoms with Gasteiger partial charge >= 0.3 is 0 Å². The lowest BCUT2D eigenvalue weighted by Crippen LogP contribution is -2.37. The van der Waals surface area contributed by atoms with Gasteiger partial charge in [0, 0.05) is 19.1 Å². The Hall–Kier alpha value is -1.12. The van der Waals surface area contributed by atoms with Crippen molar-refractivity contribution in [2.45, 2.75) is 33.2 Å². The second-order valence-electron chi connectivity index (χ2n) is 5.15. The maximum absolute atomic E-state index is 4.05. The summed E-state index contributed by atoms with van der Waals surface area (Å²) in [7, 11) is 0. The maximum atomic E-state index is 4.05. The topological polar surface area (TPSA) is 15.3 Å². The summed E-state index contributed by atoms with van der Waals surface area (Å²) in [5.74, 6) is 0. The van der Waals surface area contributed by atoms with E-state index < -0.39 is 0 Å². The summed E-state index contributed by atoms with van der Waals surface area (Å²) in [6, 6.07) is 11.2. The van der Waals surface area contributed by atoms with Crippen molar-refractivity contribution in [3.8, 4) is 0 Å². The lowest BCUT2D eigenvalue weighted by Gasteiger charge is -2.31. The Morgan fingerprint density at radius 3 is 2.47 bits per heavy atom. The fourth-order valence-electron chi connectivity index (χ4n) is 2.34. The van der Waals surface area contributed by atoms with E-state index in [1.165, 1.54) is 17.6 Å². The lowest BCUT2D eigenvalue weighted by atomic mass is 10.0. The largest absolute Gasteiger partial charge is 0.315 e. The van der Waals surface area contributed by atoms with E-state index in [2.05, 4.69) is 67.9 Å². The minimum Gasteiger partial charge on any atom is -0.315 e. The molecule has 0 saturated heterocycles. The van der Waals surface area contributed by atoms with E-state index in [-0.39, 0.29) is 0 Å². The van der Waals surface area contributed by atoms with Crippen molar-refractivity contribution in [1.82, 2.24) is 10.2 Å². The quantitative estimate of drug-likeness (QED) is 0.539. The summed E-state index contributed by atoms with van der Waals surface area (Å²) in [5.41, 5.74) is 2.60. The molecular weight excluding hydrogens is 232 g/mol. The molecule has 2 nitrogen and oxygen atoms in total. The number of nitrogens with one attached hydrogen (secondary N) is 1. The number of rotatable bonds is 9. The molecule has 1 aromatic rings. The van der Waals surface area contributed by atoms with Gasteiger partial charge in [-0.25, -0.2) is 0 Å². The number of hydrogen-bond donors (Lipinski definition) is 1. The highest BCUT2D eigenvalue weighted by Gasteiger charge is 2.18. The third-order valence-corrected chi connectivity index (χ3v) is 3.27. The van der Waals surface area contributed by atoms with Gasteiger partial charge in [0.2, 0.25) is 0 Å². The van der Waals surface area contributed by atoms with Gasteiger partial charge in [0.25, 0.3) is 0 Å². The minimum absolute atomic E-state index is 0.425. The van der Waals surface area contributed by atoms with Crippen molar-refractivity contribution in [2.24, 2.45) is 0 Å². The van der Waals surface area contributed by atoms with Crippen LogP contribution in [0.2, 0.25) is 0 Å². The monoisotopic (exact) mass is 260 g/mol. The molecule has 0 radical (unpaired) electrons. The number of likely N-dealkylation sites (N-methyl/N-ethyl adjacent to an activating group) is 1. The minimum atomic E-state index is 0.425. The summed E-state index contributed by atoms with van der Waals surface area (Å²) < 4.78 is 0. The molecule has 0 bridgehead atoms. The van der Waals surface area contributed by atoms with Gasteiger partial charge in [-0.2, -0.15) is 0 Å². The first-order valence-corrected chi connectivity index (χ1v) is 7.33. The molecule has 0 fully saturated rings. The van der Waals surface area contributed by atoms with Crippen molar-refractivity contribution in [2.75, 3.05) is 26.2 Å². The molecule has 19 heavy (non-hydrogen) atoms. The third kappa shape index (κ3) is 5.58. The van der Waals surface area contributed by atoms with Gasteiger partial charge in [0.15, 0.2) is 0 Å². The molecule has 0 aliphatic carbocycles. The summed E-state index contributed by atoms with van der Waals surface area (Å²) in [6.45, 7) is 14.7. The van der Waals surface area contributed by atoms with E-state index in [1.807, 2.05) is 0 Å². The van der Waals surface area contributed by atoms with Crippen LogP contribution in [0.3, 0.4) is 0 Å². The van der Waals surface area contributed by atoms with Crippen LogP contribution < -0.4 is 5.32 Å². The zero-order chi connectivity index (χ0) is 14.1. The highest BCUT2D eigenvalue weighted by molar-refractivity contribution is 5.20. The number of benzene rings is 1. The third-order valence-electron chi connectivity index (χ3n) is 3.27. The molecule has 0 saturated carbocycles. The highest BCUT2D eigenvalue weighted by atomic mass is 15.2. The van der Waals surface area contributed by atoms with Crippen LogP contribution >= 0.6 is 0 Å². The number of nitrogens with zero attached hydrogens (tertiary/aromatic N) is 1. The molecule has 0 aromatic heterocycles. The summed E-state index contributed by atoms with van der Waals surface area (Å²) >= 11 is 0. The molecular formula is C17H28N2. The Labute approximate surface area is 118 Å². The average molecular weight is 260 g/mol. The smallest absolute Gasteiger partial charge is 0.0475 e. The predicted molar refractivity (Wildman–Crippen MR) is 84.4 cm³/mol. The second-order valence-corrected chi connectivity index (χ2v) is 5.15. The molecule has 2 heteroatoms. The molecule has 0 amide bonds. The van der Waals surface area contributed by atoms with Crippen molar-refractivity contribution < 1.29 is 0 Å². The zero-order valence-electron chi connectivity index (χ0n) is 12.7. The maximum Gasteiger partial charge on any atom is 0.0475 e. The van der Waals surface area contributed by atoms with E-state index in [9.17, 15) is 0 Å². The molecule has 1 unspecified atom stereocenters. The van der Waals surface area contributed by atoms with Crippen LogP contribution in [-0.4, -0.2) is 31.1 Å². The second kappa shape index (κ2) is 8.89. The van der Waals surface area contributed by atoms with Gasteiger partial charge in [-0.1, -0.05) is 56.3 Å². The van der Waals surface area contributed by atoms with E-state index in [0.717, 1.165) is 26.2 Å². The fourth-order valence-corrected chi connectivity index (χ4v) is 2.34. The van der Waals surface area contributed by atoms with Gasteiger partial charge in [-0.15, -0.1) is 0 Å². The Morgan fingerprint density at radius 1 is 1.26 bits per heavy atom. The molecule has 1 rings (SSSR count). The first-order valence-electron chi connectivity index (χ1n) is 7.33. The van der Waals surface area contributed by atoms with Crippen LogP contribution in [0.15, 0.2) is 42.5 Å². The van der Waals surface area contributed by atoms with Crippen molar-refractivity contribution in [3.05, 3.63) is 48.0 Å². The fraction of sp³-hybridized carbons (Fsp3) is 0.529. The predicted octanol–water partition coefficient (Wildman–Crippen LogP) is 3.63. The Bertz CT molecular complexity index is 359. The van der Waals surface area contributed by atoms with Crippen LogP contribution in [0.1, 0.15) is 38.8 Å². The first-order chi connectivity index (χ1) is 9.19. The van der Waals surface area contributed by atoms with Gasteiger partial charge in [-0.3, -0.25) is 4.90 Å². The molecule has 1 N–H and O–H groups in total. The Balaban J connectivity index is 2.80. The van der Waals surface area contributed by atoms with Crippen LogP contribution in [0, 0.1) is 0 Å². The van der Waals surface area contributed by atoms with E-state index in [1.54, 1.807) is 0 Å². The van der Waals surface area contributed by atoms with Crippen LogP contribution in [-0.2, 0) is 0 Å². The lowest BCUT2D eigenvalue weighted by molar-refractivity contribution is 0.220.